The van der Waals surface area contributed by atoms with Crippen molar-refractivity contribution in [3.8, 4) is 0 Å². The van der Waals surface area contributed by atoms with Crippen molar-refractivity contribution in [2.45, 2.75) is 6.42 Å². The highest BCUT2D eigenvalue weighted by atomic mass is 35.5. The number of fused-ring (bicyclic) bond motifs is 1. The molecule has 2 aromatic rings. The first-order valence-electron chi connectivity index (χ1n) is 5.61. The van der Waals surface area contributed by atoms with E-state index in [4.69, 9.17) is 17.3 Å². The summed E-state index contributed by atoms with van der Waals surface area (Å²) in [5.41, 5.74) is 8.66. The molecule has 0 atom stereocenters. The number of nitrogens with zero attached hydrogens (tertiary/aromatic N) is 1. The van der Waals surface area contributed by atoms with Gasteiger partial charge in [-0.3, -0.25) is 4.79 Å². The molecule has 2 N–H and O–H groups in total. The predicted molar refractivity (Wildman–Crippen MR) is 75.6 cm³/mol. The second-order valence-electron chi connectivity index (χ2n) is 4.16. The lowest BCUT2D eigenvalue weighted by Gasteiger charge is -2.16. The Balaban J connectivity index is 1.97. The summed E-state index contributed by atoms with van der Waals surface area (Å²) in [6, 6.07) is 9.19. The molecule has 1 aromatic heterocycles. The third-order valence-electron chi connectivity index (χ3n) is 3.09. The fourth-order valence-electron chi connectivity index (χ4n) is 2.23. The third kappa shape index (κ3) is 1.78. The van der Waals surface area contributed by atoms with Gasteiger partial charge >= 0.3 is 0 Å². The summed E-state index contributed by atoms with van der Waals surface area (Å²) in [5, 5.41) is 0. The van der Waals surface area contributed by atoms with E-state index in [0.29, 0.717) is 15.8 Å². The molecule has 1 amide bonds. The Morgan fingerprint density at radius 2 is 2.17 bits per heavy atom. The molecule has 0 fully saturated rings. The molecule has 2 heterocycles. The molecule has 0 saturated heterocycles. The molecule has 92 valence electrons. The van der Waals surface area contributed by atoms with Crippen LogP contribution in [-0.2, 0) is 6.42 Å². The molecule has 0 unspecified atom stereocenters. The molecule has 0 bridgehead atoms. The number of thiophene rings is 1. The lowest BCUT2D eigenvalue weighted by Crippen LogP contribution is -2.28. The molecule has 18 heavy (non-hydrogen) atoms. The second-order valence-corrected chi connectivity index (χ2v) is 5.87. The van der Waals surface area contributed by atoms with Gasteiger partial charge in [0.1, 0.15) is 0 Å². The van der Waals surface area contributed by atoms with E-state index in [1.807, 2.05) is 18.2 Å². The molecule has 1 aliphatic heterocycles. The summed E-state index contributed by atoms with van der Waals surface area (Å²) in [4.78, 5) is 14.8. The van der Waals surface area contributed by atoms with E-state index in [9.17, 15) is 4.79 Å². The quantitative estimate of drug-likeness (QED) is 0.815. The van der Waals surface area contributed by atoms with Crippen LogP contribution in [0, 0.1) is 0 Å². The van der Waals surface area contributed by atoms with Gasteiger partial charge in [0.15, 0.2) is 0 Å². The van der Waals surface area contributed by atoms with E-state index in [1.54, 1.807) is 17.0 Å². The van der Waals surface area contributed by atoms with Crippen LogP contribution in [-0.4, -0.2) is 12.5 Å². The van der Waals surface area contributed by atoms with Crippen LogP contribution in [0.4, 0.5) is 11.4 Å². The van der Waals surface area contributed by atoms with Gasteiger partial charge in [-0.25, -0.2) is 0 Å². The molecule has 0 spiro atoms. The van der Waals surface area contributed by atoms with E-state index in [0.717, 1.165) is 23.4 Å². The summed E-state index contributed by atoms with van der Waals surface area (Å²) < 4.78 is 0.630. The van der Waals surface area contributed by atoms with E-state index in [2.05, 4.69) is 0 Å². The first-order chi connectivity index (χ1) is 8.66. The van der Waals surface area contributed by atoms with Crippen molar-refractivity contribution in [1.82, 2.24) is 0 Å². The van der Waals surface area contributed by atoms with Gasteiger partial charge in [0.05, 0.1) is 9.21 Å². The molecule has 0 radical (unpaired) electrons. The molecule has 3 rings (SSSR count). The van der Waals surface area contributed by atoms with E-state index in [-0.39, 0.29) is 5.91 Å². The van der Waals surface area contributed by atoms with E-state index >= 15 is 0 Å². The number of anilines is 2. The van der Waals surface area contributed by atoms with Crippen LogP contribution in [0.5, 0.6) is 0 Å². The average molecular weight is 279 g/mol. The van der Waals surface area contributed by atoms with Crippen molar-refractivity contribution in [2.24, 2.45) is 0 Å². The van der Waals surface area contributed by atoms with Crippen LogP contribution in [0.2, 0.25) is 4.34 Å². The number of rotatable bonds is 1. The highest BCUT2D eigenvalue weighted by Crippen LogP contribution is 2.34. The van der Waals surface area contributed by atoms with Gasteiger partial charge in [0.2, 0.25) is 0 Å². The van der Waals surface area contributed by atoms with Crippen LogP contribution < -0.4 is 10.6 Å². The van der Waals surface area contributed by atoms with Crippen LogP contribution in [0.15, 0.2) is 30.3 Å². The van der Waals surface area contributed by atoms with E-state index < -0.39 is 0 Å². The van der Waals surface area contributed by atoms with Crippen molar-refractivity contribution < 1.29 is 4.79 Å². The van der Waals surface area contributed by atoms with Crippen molar-refractivity contribution in [2.75, 3.05) is 17.2 Å². The first kappa shape index (κ1) is 11.6. The van der Waals surface area contributed by atoms with Crippen molar-refractivity contribution >= 4 is 40.2 Å². The van der Waals surface area contributed by atoms with Gasteiger partial charge in [0.25, 0.3) is 5.91 Å². The highest BCUT2D eigenvalue weighted by Gasteiger charge is 2.27. The first-order valence-corrected chi connectivity index (χ1v) is 6.81. The number of halogens is 1. The maximum Gasteiger partial charge on any atom is 0.268 e. The Morgan fingerprint density at radius 1 is 1.33 bits per heavy atom. The van der Waals surface area contributed by atoms with Crippen LogP contribution >= 0.6 is 22.9 Å². The lowest BCUT2D eigenvalue weighted by molar-refractivity contribution is 0.0993. The summed E-state index contributed by atoms with van der Waals surface area (Å²) >= 11 is 7.17. The third-order valence-corrected chi connectivity index (χ3v) is 4.31. The van der Waals surface area contributed by atoms with Crippen molar-refractivity contribution in [3.63, 3.8) is 0 Å². The number of carbonyl (C=O) groups excluding carboxylic acids is 1. The Hall–Kier alpha value is -1.52. The molecule has 0 saturated carbocycles. The van der Waals surface area contributed by atoms with Crippen LogP contribution in [0.1, 0.15) is 15.2 Å². The summed E-state index contributed by atoms with van der Waals surface area (Å²) in [6.45, 7) is 0.678. The number of hydrogen-bond acceptors (Lipinski definition) is 3. The number of nitrogens with two attached hydrogens (primary N) is 1. The zero-order chi connectivity index (χ0) is 12.7. The van der Waals surface area contributed by atoms with E-state index in [1.165, 1.54) is 11.3 Å². The number of benzene rings is 1. The maximum atomic E-state index is 12.4. The number of carbonyl (C=O) groups is 1. The largest absolute Gasteiger partial charge is 0.398 e. The SMILES string of the molecule is Nc1cccc2c1CCN2C(=O)c1ccc(Cl)s1. The van der Waals surface area contributed by atoms with Crippen molar-refractivity contribution in [1.29, 1.82) is 0 Å². The maximum absolute atomic E-state index is 12.4. The van der Waals surface area contributed by atoms with Crippen LogP contribution in [0.3, 0.4) is 0 Å². The number of nitrogen functional groups attached to an aromatic ring is 1. The summed E-state index contributed by atoms with van der Waals surface area (Å²) in [6.07, 6.45) is 0.812. The van der Waals surface area contributed by atoms with Gasteiger partial charge in [-0.2, -0.15) is 0 Å². The topological polar surface area (TPSA) is 46.3 Å². The number of amides is 1. The Labute approximate surface area is 114 Å². The van der Waals surface area contributed by atoms with Gasteiger partial charge in [-0.05, 0) is 30.7 Å². The average Bonchev–Trinajstić information content (AvgIpc) is 2.95. The Morgan fingerprint density at radius 3 is 2.89 bits per heavy atom. The zero-order valence-corrected chi connectivity index (χ0v) is 11.1. The fraction of sp³-hybridized carbons (Fsp3) is 0.154. The molecule has 3 nitrogen and oxygen atoms in total. The van der Waals surface area contributed by atoms with Gasteiger partial charge < -0.3 is 10.6 Å². The summed E-state index contributed by atoms with van der Waals surface area (Å²) in [7, 11) is 0. The predicted octanol–water partition coefficient (Wildman–Crippen LogP) is 3.19. The van der Waals surface area contributed by atoms with Crippen molar-refractivity contribution in [3.05, 3.63) is 45.1 Å². The minimum absolute atomic E-state index is 0.00347. The van der Waals surface area contributed by atoms with Gasteiger partial charge in [0, 0.05) is 23.5 Å². The van der Waals surface area contributed by atoms with Crippen LogP contribution in [0.25, 0.3) is 0 Å². The minimum atomic E-state index is -0.00347. The minimum Gasteiger partial charge on any atom is -0.398 e. The molecule has 5 heteroatoms. The monoisotopic (exact) mass is 278 g/mol. The number of hydrogen-bond donors (Lipinski definition) is 1. The smallest absolute Gasteiger partial charge is 0.268 e. The van der Waals surface area contributed by atoms with Gasteiger partial charge in [-0.1, -0.05) is 17.7 Å². The lowest BCUT2D eigenvalue weighted by atomic mass is 10.1. The molecular weight excluding hydrogens is 268 g/mol. The molecule has 1 aliphatic rings. The normalized spacial score (nSPS) is 13.7. The molecule has 1 aromatic carbocycles. The summed E-state index contributed by atoms with van der Waals surface area (Å²) in [5.74, 6) is -0.00347. The molecule has 0 aliphatic carbocycles. The highest BCUT2D eigenvalue weighted by molar-refractivity contribution is 7.18. The Bertz CT molecular complexity index is 623. The standard InChI is InChI=1S/C13H11ClN2OS/c14-12-5-4-11(18-12)13(17)16-7-6-8-9(15)2-1-3-10(8)16/h1-5H,6-7,15H2. The van der Waals surface area contributed by atoms with Gasteiger partial charge in [-0.15, -0.1) is 11.3 Å². The second kappa shape index (κ2) is 4.30. The fourth-order valence-corrected chi connectivity index (χ4v) is 3.23. The Kier molecular flexibility index (Phi) is 2.76. The molecular formula is C13H11ClN2OS. The zero-order valence-electron chi connectivity index (χ0n) is 9.52.